The third kappa shape index (κ3) is 7.42. The zero-order chi connectivity index (χ0) is 20.9. The molecule has 2 nitrogen and oxygen atoms in total. The topological polar surface area (TPSA) is 34.1 Å². The van der Waals surface area contributed by atoms with Gasteiger partial charge >= 0.3 is 0 Å². The maximum Gasteiger partial charge on any atom is 0.190 e. The highest BCUT2D eigenvalue weighted by Crippen LogP contribution is 2.28. The summed E-state index contributed by atoms with van der Waals surface area (Å²) in [6.45, 7) is 4.05. The molecule has 1 aliphatic rings. The van der Waals surface area contributed by atoms with Crippen molar-refractivity contribution in [2.45, 2.75) is 97.3 Å². The Hall–Kier alpha value is -1.96. The Morgan fingerprint density at radius 2 is 1.21 bits per heavy atom. The molecule has 0 atom stereocenters. The van der Waals surface area contributed by atoms with Crippen molar-refractivity contribution in [3.63, 3.8) is 0 Å². The highest BCUT2D eigenvalue weighted by molar-refractivity contribution is 6.26. The summed E-state index contributed by atoms with van der Waals surface area (Å²) in [5.41, 5.74) is 2.36. The van der Waals surface area contributed by atoms with Gasteiger partial charge in [0.2, 0.25) is 0 Å². The number of Topliss-reactive ketones (excluding diaryl/α,β-unsaturated/α-hetero) is 2. The zero-order valence-electron chi connectivity index (χ0n) is 18.5. The summed E-state index contributed by atoms with van der Waals surface area (Å²) >= 11 is 0. The maximum absolute atomic E-state index is 12.7. The van der Waals surface area contributed by atoms with Gasteiger partial charge in [-0.1, -0.05) is 108 Å². The molecule has 0 fully saturated rings. The predicted octanol–water partition coefficient (Wildman–Crippen LogP) is 8.03. The van der Waals surface area contributed by atoms with E-state index < -0.39 is 0 Å². The summed E-state index contributed by atoms with van der Waals surface area (Å²) in [7, 11) is 0. The summed E-state index contributed by atoms with van der Waals surface area (Å²) in [5.74, 6) is 0.00556. The number of fused-ring (bicyclic) bond motifs is 1. The van der Waals surface area contributed by atoms with Crippen LogP contribution in [0.2, 0.25) is 0 Å². The van der Waals surface area contributed by atoms with Crippen LogP contribution < -0.4 is 0 Å². The third-order valence-corrected chi connectivity index (χ3v) is 5.95. The van der Waals surface area contributed by atoms with E-state index in [1.54, 1.807) is 19.1 Å². The monoisotopic (exact) mass is 394 g/mol. The molecule has 0 N–H and O–H groups in total. The fourth-order valence-electron chi connectivity index (χ4n) is 4.04. The number of benzene rings is 1. The number of carbonyl (C=O) groups excluding carboxylic acids is 2. The van der Waals surface area contributed by atoms with Crippen LogP contribution in [0.5, 0.6) is 0 Å². The van der Waals surface area contributed by atoms with E-state index in [-0.39, 0.29) is 11.6 Å². The largest absolute Gasteiger partial charge is 0.289 e. The molecule has 0 radical (unpaired) electrons. The van der Waals surface area contributed by atoms with E-state index >= 15 is 0 Å². The molecule has 0 saturated carbocycles. The van der Waals surface area contributed by atoms with E-state index in [1.165, 1.54) is 70.6 Å². The van der Waals surface area contributed by atoms with Crippen molar-refractivity contribution < 1.29 is 9.59 Å². The van der Waals surface area contributed by atoms with Crippen LogP contribution in [-0.2, 0) is 0 Å². The van der Waals surface area contributed by atoms with Gasteiger partial charge in [-0.3, -0.25) is 9.59 Å². The summed E-state index contributed by atoms with van der Waals surface area (Å²) < 4.78 is 0. The van der Waals surface area contributed by atoms with Gasteiger partial charge in [-0.2, -0.15) is 0 Å². The lowest BCUT2D eigenvalue weighted by atomic mass is 9.83. The van der Waals surface area contributed by atoms with Crippen molar-refractivity contribution in [2.75, 3.05) is 0 Å². The normalized spacial score (nSPS) is 14.1. The lowest BCUT2D eigenvalue weighted by Crippen LogP contribution is -2.20. The lowest BCUT2D eigenvalue weighted by Gasteiger charge is -2.17. The van der Waals surface area contributed by atoms with Gasteiger partial charge in [0.15, 0.2) is 11.6 Å². The number of carbonyl (C=O) groups is 2. The number of hydrogen-bond acceptors (Lipinski definition) is 2. The van der Waals surface area contributed by atoms with E-state index in [0.717, 1.165) is 6.42 Å². The van der Waals surface area contributed by atoms with Gasteiger partial charge < -0.3 is 0 Å². The first-order valence-electron chi connectivity index (χ1n) is 11.7. The van der Waals surface area contributed by atoms with Crippen LogP contribution in [0.1, 0.15) is 118 Å². The predicted molar refractivity (Wildman–Crippen MR) is 123 cm³/mol. The van der Waals surface area contributed by atoms with Crippen LogP contribution in [0.25, 0.3) is 0 Å². The smallest absolute Gasteiger partial charge is 0.190 e. The van der Waals surface area contributed by atoms with E-state index in [2.05, 4.69) is 19.1 Å². The van der Waals surface area contributed by atoms with Gasteiger partial charge in [0.05, 0.1) is 0 Å². The Morgan fingerprint density at radius 3 is 1.79 bits per heavy atom. The summed E-state index contributed by atoms with van der Waals surface area (Å²) in [4.78, 5) is 25.2. The molecule has 0 aromatic heterocycles. The molecule has 158 valence electrons. The van der Waals surface area contributed by atoms with Crippen molar-refractivity contribution in [3.8, 4) is 0 Å². The molecule has 2 heteroatoms. The molecule has 1 aromatic carbocycles. The van der Waals surface area contributed by atoms with Crippen LogP contribution in [0.4, 0.5) is 0 Å². The van der Waals surface area contributed by atoms with Gasteiger partial charge in [-0.25, -0.2) is 0 Å². The first-order chi connectivity index (χ1) is 14.2. The molecule has 0 unspecified atom stereocenters. The first kappa shape index (κ1) is 23.3. The quantitative estimate of drug-likeness (QED) is 0.236. The molecule has 1 aromatic rings. The standard InChI is InChI=1S/C27H38O2/c1-3-4-5-6-7-8-9-10-11-12-13-14-15-16-19-23-22(2)26(28)24-20-17-18-21-25(24)27(23)29/h15-18,20-21H,3-14,19H2,1-2H3/b16-15+. The summed E-state index contributed by atoms with van der Waals surface area (Å²) in [6.07, 6.45) is 20.8. The Kier molecular flexibility index (Phi) is 10.7. The molecule has 0 amide bonds. The number of unbranched alkanes of at least 4 members (excludes halogenated alkanes) is 11. The van der Waals surface area contributed by atoms with E-state index in [9.17, 15) is 9.59 Å². The van der Waals surface area contributed by atoms with Crippen molar-refractivity contribution >= 4 is 11.6 Å². The second kappa shape index (κ2) is 13.3. The molecule has 2 rings (SSSR count). The van der Waals surface area contributed by atoms with Gasteiger partial charge in [-0.05, 0) is 26.2 Å². The van der Waals surface area contributed by atoms with Crippen LogP contribution in [0, 0.1) is 0 Å². The average molecular weight is 395 g/mol. The van der Waals surface area contributed by atoms with E-state index in [0.29, 0.717) is 28.7 Å². The lowest BCUT2D eigenvalue weighted by molar-refractivity contribution is 0.0973. The molecule has 29 heavy (non-hydrogen) atoms. The number of ketones is 2. The fraction of sp³-hybridized carbons (Fsp3) is 0.556. The highest BCUT2D eigenvalue weighted by atomic mass is 16.1. The Bertz CT molecular complexity index is 724. The SMILES string of the molecule is CCCCCCCCCCCCC/C=C/CC1=C(C)C(=O)c2ccccc2C1=O. The summed E-state index contributed by atoms with van der Waals surface area (Å²) in [6, 6.07) is 7.15. The van der Waals surface area contributed by atoms with Crippen LogP contribution in [0.15, 0.2) is 47.6 Å². The Morgan fingerprint density at radius 1 is 0.690 bits per heavy atom. The number of hydrogen-bond donors (Lipinski definition) is 0. The minimum Gasteiger partial charge on any atom is -0.289 e. The molecular weight excluding hydrogens is 356 g/mol. The Labute approximate surface area is 177 Å². The van der Waals surface area contributed by atoms with E-state index in [4.69, 9.17) is 0 Å². The highest BCUT2D eigenvalue weighted by Gasteiger charge is 2.28. The van der Waals surface area contributed by atoms with Crippen molar-refractivity contribution in [2.24, 2.45) is 0 Å². The van der Waals surface area contributed by atoms with Gasteiger partial charge in [0, 0.05) is 22.3 Å². The van der Waals surface area contributed by atoms with Crippen LogP contribution >= 0.6 is 0 Å². The van der Waals surface area contributed by atoms with Gasteiger partial charge in [0.1, 0.15) is 0 Å². The van der Waals surface area contributed by atoms with Crippen molar-refractivity contribution in [3.05, 3.63) is 58.7 Å². The second-order valence-electron chi connectivity index (χ2n) is 8.31. The minimum atomic E-state index is -0.00559. The molecular formula is C27H38O2. The third-order valence-electron chi connectivity index (χ3n) is 5.95. The Balaban J connectivity index is 1.59. The molecule has 0 aliphatic heterocycles. The number of rotatable bonds is 14. The molecule has 1 aliphatic carbocycles. The van der Waals surface area contributed by atoms with Gasteiger partial charge in [-0.15, -0.1) is 0 Å². The number of allylic oxidation sites excluding steroid dienone is 4. The second-order valence-corrected chi connectivity index (χ2v) is 8.31. The summed E-state index contributed by atoms with van der Waals surface area (Å²) in [5, 5.41) is 0. The maximum atomic E-state index is 12.7. The minimum absolute atomic E-state index is 0.00559. The first-order valence-corrected chi connectivity index (χ1v) is 11.7. The van der Waals surface area contributed by atoms with Crippen LogP contribution in [0.3, 0.4) is 0 Å². The van der Waals surface area contributed by atoms with Crippen LogP contribution in [-0.4, -0.2) is 11.6 Å². The van der Waals surface area contributed by atoms with Gasteiger partial charge in [0.25, 0.3) is 0 Å². The molecule has 0 saturated heterocycles. The average Bonchev–Trinajstić information content (AvgIpc) is 2.74. The molecule has 0 bridgehead atoms. The zero-order valence-corrected chi connectivity index (χ0v) is 18.5. The molecule has 0 heterocycles. The molecule has 0 spiro atoms. The fourth-order valence-corrected chi connectivity index (χ4v) is 4.04. The van der Waals surface area contributed by atoms with E-state index in [1.807, 2.05) is 12.1 Å². The van der Waals surface area contributed by atoms with Crippen molar-refractivity contribution in [1.82, 2.24) is 0 Å². The van der Waals surface area contributed by atoms with Crippen molar-refractivity contribution in [1.29, 1.82) is 0 Å².